The number of fused-ring (bicyclic) bond motifs is 2. The fourth-order valence-electron chi connectivity index (χ4n) is 4.56. The SMILES string of the molecule is CC(C)Oc1ccc(C(=O)N2CCC3(CC2)NCCn2c(C(F)(F)F)ccc23)cc1F. The molecule has 0 atom stereocenters. The Bertz CT molecular complexity index is 976. The van der Waals surface area contributed by atoms with Crippen molar-refractivity contribution in [2.75, 3.05) is 19.6 Å². The third-order valence-corrected chi connectivity index (χ3v) is 6.01. The molecular formula is C22H25F4N3O2. The highest BCUT2D eigenvalue weighted by molar-refractivity contribution is 5.94. The number of ether oxygens (including phenoxy) is 1. The minimum atomic E-state index is -4.40. The van der Waals surface area contributed by atoms with Crippen molar-refractivity contribution in [2.24, 2.45) is 0 Å². The molecule has 2 aliphatic rings. The van der Waals surface area contributed by atoms with Gasteiger partial charge in [0.1, 0.15) is 5.69 Å². The Balaban J connectivity index is 1.49. The number of hydrogen-bond donors (Lipinski definition) is 1. The lowest BCUT2D eigenvalue weighted by Gasteiger charge is -2.45. The summed E-state index contributed by atoms with van der Waals surface area (Å²) in [4.78, 5) is 14.5. The summed E-state index contributed by atoms with van der Waals surface area (Å²) in [6, 6.07) is 6.82. The number of carbonyl (C=O) groups excluding carboxylic acids is 1. The molecule has 1 amide bonds. The number of benzene rings is 1. The predicted octanol–water partition coefficient (Wildman–Crippen LogP) is 4.17. The van der Waals surface area contributed by atoms with E-state index in [2.05, 4.69) is 5.32 Å². The quantitative estimate of drug-likeness (QED) is 0.731. The molecule has 3 heterocycles. The third kappa shape index (κ3) is 4.03. The molecule has 1 fully saturated rings. The van der Waals surface area contributed by atoms with Gasteiger partial charge in [-0.1, -0.05) is 0 Å². The fraction of sp³-hybridized carbons (Fsp3) is 0.500. The lowest BCUT2D eigenvalue weighted by molar-refractivity contribution is -0.144. The summed E-state index contributed by atoms with van der Waals surface area (Å²) in [6.07, 6.45) is -3.62. The van der Waals surface area contributed by atoms with Gasteiger partial charge in [-0.05, 0) is 57.0 Å². The van der Waals surface area contributed by atoms with Gasteiger partial charge in [0.2, 0.25) is 0 Å². The maximum atomic E-state index is 14.3. The summed E-state index contributed by atoms with van der Waals surface area (Å²) in [5.74, 6) is -0.803. The van der Waals surface area contributed by atoms with Crippen molar-refractivity contribution in [1.29, 1.82) is 0 Å². The first-order chi connectivity index (χ1) is 14.6. The average Bonchev–Trinajstić information content (AvgIpc) is 3.16. The van der Waals surface area contributed by atoms with E-state index in [1.165, 1.54) is 28.8 Å². The summed E-state index contributed by atoms with van der Waals surface area (Å²) < 4.78 is 61.0. The highest BCUT2D eigenvalue weighted by Crippen LogP contribution is 2.40. The lowest BCUT2D eigenvalue weighted by atomic mass is 9.83. The van der Waals surface area contributed by atoms with Gasteiger partial charge in [0, 0.05) is 37.4 Å². The molecule has 1 aromatic carbocycles. The molecule has 0 saturated carbocycles. The Morgan fingerprint density at radius 3 is 2.45 bits per heavy atom. The van der Waals surface area contributed by atoms with Crippen LogP contribution in [0.15, 0.2) is 30.3 Å². The van der Waals surface area contributed by atoms with Crippen molar-refractivity contribution in [3.8, 4) is 5.75 Å². The summed E-state index contributed by atoms with van der Waals surface area (Å²) >= 11 is 0. The van der Waals surface area contributed by atoms with Gasteiger partial charge >= 0.3 is 6.18 Å². The van der Waals surface area contributed by atoms with Gasteiger partial charge in [-0.15, -0.1) is 0 Å². The van der Waals surface area contributed by atoms with Crippen molar-refractivity contribution < 1.29 is 27.1 Å². The van der Waals surface area contributed by atoms with Crippen molar-refractivity contribution in [2.45, 2.75) is 51.1 Å². The monoisotopic (exact) mass is 439 g/mol. The molecular weight excluding hydrogens is 414 g/mol. The highest BCUT2D eigenvalue weighted by atomic mass is 19.4. The predicted molar refractivity (Wildman–Crippen MR) is 106 cm³/mol. The van der Waals surface area contributed by atoms with Crippen LogP contribution in [0.5, 0.6) is 5.75 Å². The zero-order chi connectivity index (χ0) is 22.4. The van der Waals surface area contributed by atoms with Crippen molar-refractivity contribution in [3.05, 3.63) is 53.1 Å². The minimum absolute atomic E-state index is 0.0942. The largest absolute Gasteiger partial charge is 0.488 e. The molecule has 0 aliphatic carbocycles. The Morgan fingerprint density at radius 1 is 1.13 bits per heavy atom. The third-order valence-electron chi connectivity index (χ3n) is 6.01. The van der Waals surface area contributed by atoms with E-state index in [4.69, 9.17) is 4.74 Å². The molecule has 2 aliphatic heterocycles. The van der Waals surface area contributed by atoms with Crippen LogP contribution < -0.4 is 10.1 Å². The number of halogens is 4. The molecule has 1 saturated heterocycles. The standard InChI is InChI=1S/C22H25F4N3O2/c1-14(2)31-17-4-3-15(13-16(17)23)20(30)28-10-7-21(8-11-28)18-5-6-19(22(24,25)26)29(18)12-9-27-21/h3-6,13-14,27H,7-12H2,1-2H3. The van der Waals surface area contributed by atoms with Crippen molar-refractivity contribution in [1.82, 2.24) is 14.8 Å². The van der Waals surface area contributed by atoms with E-state index in [-0.39, 0.29) is 29.9 Å². The maximum absolute atomic E-state index is 14.3. The molecule has 1 N–H and O–H groups in total. The second kappa shape index (κ2) is 7.85. The number of hydrogen-bond acceptors (Lipinski definition) is 3. The molecule has 0 bridgehead atoms. The van der Waals surface area contributed by atoms with Crippen LogP contribution in [-0.4, -0.2) is 41.1 Å². The molecule has 31 heavy (non-hydrogen) atoms. The first kappa shape index (κ1) is 21.7. The topological polar surface area (TPSA) is 46.5 Å². The maximum Gasteiger partial charge on any atom is 0.431 e. The Hall–Kier alpha value is -2.55. The van der Waals surface area contributed by atoms with Gasteiger partial charge in [-0.2, -0.15) is 13.2 Å². The van der Waals surface area contributed by atoms with Crippen LogP contribution in [0.3, 0.4) is 0 Å². The number of amides is 1. The second-order valence-corrected chi connectivity index (χ2v) is 8.37. The van der Waals surface area contributed by atoms with Crippen LogP contribution in [-0.2, 0) is 18.3 Å². The molecule has 168 valence electrons. The molecule has 0 radical (unpaired) electrons. The van der Waals surface area contributed by atoms with Crippen molar-refractivity contribution >= 4 is 5.91 Å². The van der Waals surface area contributed by atoms with Gasteiger partial charge < -0.3 is 19.5 Å². The van der Waals surface area contributed by atoms with E-state index < -0.39 is 23.2 Å². The summed E-state index contributed by atoms with van der Waals surface area (Å²) in [5, 5.41) is 3.39. The van der Waals surface area contributed by atoms with Crippen LogP contribution >= 0.6 is 0 Å². The van der Waals surface area contributed by atoms with Gasteiger partial charge in [0.05, 0.1) is 11.6 Å². The minimum Gasteiger partial charge on any atom is -0.488 e. The molecule has 9 heteroatoms. The van der Waals surface area contributed by atoms with E-state index in [0.29, 0.717) is 38.2 Å². The number of aromatic nitrogens is 1. The first-order valence-electron chi connectivity index (χ1n) is 10.4. The number of nitrogens with one attached hydrogen (secondary N) is 1. The number of likely N-dealkylation sites (tertiary alicyclic amines) is 1. The van der Waals surface area contributed by atoms with Gasteiger partial charge in [-0.3, -0.25) is 4.79 Å². The van der Waals surface area contributed by atoms with E-state index in [0.717, 1.165) is 6.07 Å². The lowest BCUT2D eigenvalue weighted by Crippen LogP contribution is -2.56. The fourth-order valence-corrected chi connectivity index (χ4v) is 4.56. The number of nitrogens with zero attached hydrogens (tertiary/aromatic N) is 2. The van der Waals surface area contributed by atoms with Crippen LogP contribution in [0, 0.1) is 5.82 Å². The molecule has 1 aromatic heterocycles. The van der Waals surface area contributed by atoms with Gasteiger partial charge in [-0.25, -0.2) is 4.39 Å². The summed E-state index contributed by atoms with van der Waals surface area (Å²) in [5.41, 5.74) is -0.400. The Morgan fingerprint density at radius 2 is 1.84 bits per heavy atom. The molecule has 5 nitrogen and oxygen atoms in total. The Labute approximate surface area is 178 Å². The normalized spacial score (nSPS) is 18.4. The zero-order valence-corrected chi connectivity index (χ0v) is 17.4. The summed E-state index contributed by atoms with van der Waals surface area (Å²) in [6.45, 7) is 4.99. The number of piperidine rings is 1. The zero-order valence-electron chi connectivity index (χ0n) is 17.4. The van der Waals surface area contributed by atoms with Crippen molar-refractivity contribution in [3.63, 3.8) is 0 Å². The van der Waals surface area contributed by atoms with Gasteiger partial charge in [0.15, 0.2) is 11.6 Å². The average molecular weight is 439 g/mol. The molecule has 1 spiro atoms. The van der Waals surface area contributed by atoms with Crippen LogP contribution in [0.25, 0.3) is 0 Å². The van der Waals surface area contributed by atoms with E-state index >= 15 is 0 Å². The van der Waals surface area contributed by atoms with Gasteiger partial charge in [0.25, 0.3) is 5.91 Å². The number of carbonyl (C=O) groups is 1. The van der Waals surface area contributed by atoms with E-state index in [1.54, 1.807) is 18.7 Å². The van der Waals surface area contributed by atoms with Crippen LogP contribution in [0.2, 0.25) is 0 Å². The molecule has 2 aromatic rings. The molecule has 4 rings (SSSR count). The highest BCUT2D eigenvalue weighted by Gasteiger charge is 2.44. The first-order valence-corrected chi connectivity index (χ1v) is 10.4. The number of alkyl halides is 3. The van der Waals surface area contributed by atoms with E-state index in [9.17, 15) is 22.4 Å². The second-order valence-electron chi connectivity index (χ2n) is 8.37. The smallest absolute Gasteiger partial charge is 0.431 e. The Kier molecular flexibility index (Phi) is 5.49. The molecule has 0 unspecified atom stereocenters. The van der Waals surface area contributed by atoms with Crippen LogP contribution in [0.4, 0.5) is 17.6 Å². The van der Waals surface area contributed by atoms with E-state index in [1.807, 2.05) is 0 Å². The van der Waals surface area contributed by atoms with Crippen LogP contribution in [0.1, 0.15) is 48.4 Å². The number of rotatable bonds is 3. The summed E-state index contributed by atoms with van der Waals surface area (Å²) in [7, 11) is 0.